The van der Waals surface area contributed by atoms with Crippen LogP contribution in [0.1, 0.15) is 33.6 Å². The highest BCUT2D eigenvalue weighted by Crippen LogP contribution is 2.09. The first kappa shape index (κ1) is 12.4. The molecule has 0 amide bonds. The minimum atomic E-state index is -0.619. The van der Waals surface area contributed by atoms with Crippen molar-refractivity contribution in [3.8, 4) is 0 Å². The Morgan fingerprint density at radius 2 is 2.08 bits per heavy atom. The van der Waals surface area contributed by atoms with Gasteiger partial charge >= 0.3 is 5.97 Å². The number of carbonyl (C=O) groups is 1. The summed E-state index contributed by atoms with van der Waals surface area (Å²) in [5, 5.41) is 8.52. The summed E-state index contributed by atoms with van der Waals surface area (Å²) in [6.45, 7) is 5.44. The first-order chi connectivity index (χ1) is 5.87. The van der Waals surface area contributed by atoms with Gasteiger partial charge in [0.15, 0.2) is 0 Å². The zero-order chi connectivity index (χ0) is 10.5. The van der Waals surface area contributed by atoms with Crippen LogP contribution in [0.25, 0.3) is 0 Å². The molecule has 0 fully saturated rings. The van der Waals surface area contributed by atoms with Gasteiger partial charge in [0.2, 0.25) is 0 Å². The maximum Gasteiger partial charge on any atom is 0.323 e. The molecule has 3 N–H and O–H groups in total. The van der Waals surface area contributed by atoms with Crippen molar-refractivity contribution in [2.24, 2.45) is 5.73 Å². The number of esters is 1. The number of rotatable bonds is 4. The van der Waals surface area contributed by atoms with Gasteiger partial charge in [0.05, 0.1) is 0 Å². The molecule has 4 nitrogen and oxygen atoms in total. The first-order valence-electron chi connectivity index (χ1n) is 4.46. The fourth-order valence-corrected chi connectivity index (χ4v) is 0.807. The lowest BCUT2D eigenvalue weighted by Crippen LogP contribution is -2.37. The SMILES string of the molecule is CC(C)(C)OC(=O)[C@@H](N)CCCO. The monoisotopic (exact) mass is 189 g/mol. The van der Waals surface area contributed by atoms with Crippen molar-refractivity contribution in [3.63, 3.8) is 0 Å². The zero-order valence-electron chi connectivity index (χ0n) is 8.54. The van der Waals surface area contributed by atoms with Crippen molar-refractivity contribution in [2.45, 2.75) is 45.3 Å². The van der Waals surface area contributed by atoms with E-state index in [1.807, 2.05) is 0 Å². The van der Waals surface area contributed by atoms with Crippen LogP contribution >= 0.6 is 0 Å². The van der Waals surface area contributed by atoms with E-state index in [-0.39, 0.29) is 6.61 Å². The third-order valence-electron chi connectivity index (χ3n) is 1.38. The molecule has 0 unspecified atom stereocenters. The number of aliphatic hydroxyl groups excluding tert-OH is 1. The van der Waals surface area contributed by atoms with Crippen LogP contribution in [0.4, 0.5) is 0 Å². The molecule has 0 aromatic heterocycles. The third-order valence-corrected chi connectivity index (χ3v) is 1.38. The number of nitrogens with two attached hydrogens (primary N) is 1. The largest absolute Gasteiger partial charge is 0.459 e. The highest BCUT2D eigenvalue weighted by Gasteiger charge is 2.21. The van der Waals surface area contributed by atoms with E-state index >= 15 is 0 Å². The van der Waals surface area contributed by atoms with E-state index in [1.54, 1.807) is 20.8 Å². The van der Waals surface area contributed by atoms with E-state index < -0.39 is 17.6 Å². The molecule has 0 aromatic rings. The van der Waals surface area contributed by atoms with Crippen molar-refractivity contribution in [3.05, 3.63) is 0 Å². The van der Waals surface area contributed by atoms with Crippen molar-refractivity contribution in [2.75, 3.05) is 6.61 Å². The molecule has 4 heteroatoms. The Labute approximate surface area is 79.1 Å². The van der Waals surface area contributed by atoms with Crippen LogP contribution in [0.15, 0.2) is 0 Å². The summed E-state index contributed by atoms with van der Waals surface area (Å²) >= 11 is 0. The van der Waals surface area contributed by atoms with Crippen LogP contribution in [-0.4, -0.2) is 29.3 Å². The molecule has 0 aliphatic rings. The van der Waals surface area contributed by atoms with E-state index in [1.165, 1.54) is 0 Å². The number of hydrogen-bond donors (Lipinski definition) is 2. The van der Waals surface area contributed by atoms with Gasteiger partial charge in [0, 0.05) is 6.61 Å². The molecule has 78 valence electrons. The Balaban J connectivity index is 3.83. The quantitative estimate of drug-likeness (QED) is 0.629. The van der Waals surface area contributed by atoms with Crippen LogP contribution in [-0.2, 0) is 9.53 Å². The normalized spacial score (nSPS) is 13.9. The van der Waals surface area contributed by atoms with Gasteiger partial charge in [0.1, 0.15) is 11.6 Å². The minimum Gasteiger partial charge on any atom is -0.459 e. The molecule has 0 aliphatic heterocycles. The average Bonchev–Trinajstić information content (AvgIpc) is 1.96. The summed E-state index contributed by atoms with van der Waals surface area (Å²) in [6.07, 6.45) is 0.992. The Kier molecular flexibility index (Phi) is 4.95. The molecule has 0 saturated carbocycles. The first-order valence-corrected chi connectivity index (χ1v) is 4.46. The predicted molar refractivity (Wildman–Crippen MR) is 50.1 cm³/mol. The summed E-state index contributed by atoms with van der Waals surface area (Å²) < 4.78 is 5.05. The van der Waals surface area contributed by atoms with Crippen LogP contribution < -0.4 is 5.73 Å². The van der Waals surface area contributed by atoms with Gasteiger partial charge in [-0.2, -0.15) is 0 Å². The van der Waals surface area contributed by atoms with Crippen molar-refractivity contribution >= 4 is 5.97 Å². The molecular weight excluding hydrogens is 170 g/mol. The maximum atomic E-state index is 11.2. The Morgan fingerprint density at radius 1 is 1.54 bits per heavy atom. The maximum absolute atomic E-state index is 11.2. The number of aliphatic hydroxyl groups is 1. The van der Waals surface area contributed by atoms with E-state index in [0.29, 0.717) is 12.8 Å². The van der Waals surface area contributed by atoms with Gasteiger partial charge < -0.3 is 15.6 Å². The number of ether oxygens (including phenoxy) is 1. The van der Waals surface area contributed by atoms with Gasteiger partial charge in [-0.3, -0.25) is 4.79 Å². The second-order valence-electron chi connectivity index (χ2n) is 4.01. The van der Waals surface area contributed by atoms with Crippen molar-refractivity contribution in [1.82, 2.24) is 0 Å². The molecule has 0 rings (SSSR count). The van der Waals surface area contributed by atoms with Gasteiger partial charge in [-0.1, -0.05) is 0 Å². The third kappa shape index (κ3) is 6.54. The van der Waals surface area contributed by atoms with Gasteiger partial charge in [-0.15, -0.1) is 0 Å². The second-order valence-corrected chi connectivity index (χ2v) is 4.01. The minimum absolute atomic E-state index is 0.0521. The van der Waals surface area contributed by atoms with Crippen molar-refractivity contribution in [1.29, 1.82) is 0 Å². The topological polar surface area (TPSA) is 72.5 Å². The summed E-state index contributed by atoms with van der Waals surface area (Å²) in [6, 6.07) is -0.619. The lowest BCUT2D eigenvalue weighted by molar-refractivity contribution is -0.156. The van der Waals surface area contributed by atoms with E-state index in [4.69, 9.17) is 15.6 Å². The molecular formula is C9H19NO3. The van der Waals surface area contributed by atoms with Crippen LogP contribution in [0, 0.1) is 0 Å². The molecule has 13 heavy (non-hydrogen) atoms. The predicted octanol–water partition coefficient (Wildman–Crippen LogP) is 0.428. The smallest absolute Gasteiger partial charge is 0.323 e. The molecule has 0 spiro atoms. The van der Waals surface area contributed by atoms with E-state index in [9.17, 15) is 4.79 Å². The zero-order valence-corrected chi connectivity index (χ0v) is 8.54. The Hall–Kier alpha value is -0.610. The Morgan fingerprint density at radius 3 is 2.46 bits per heavy atom. The average molecular weight is 189 g/mol. The van der Waals surface area contributed by atoms with E-state index in [0.717, 1.165) is 0 Å². The second kappa shape index (κ2) is 5.19. The molecule has 0 aliphatic carbocycles. The Bertz CT molecular complexity index is 163. The molecule has 1 atom stereocenters. The lowest BCUT2D eigenvalue weighted by Gasteiger charge is -2.21. The van der Waals surface area contributed by atoms with Gasteiger partial charge in [-0.05, 0) is 33.6 Å². The molecule has 0 bridgehead atoms. The lowest BCUT2D eigenvalue weighted by atomic mass is 10.1. The highest BCUT2D eigenvalue weighted by molar-refractivity contribution is 5.75. The number of hydrogen-bond acceptors (Lipinski definition) is 4. The van der Waals surface area contributed by atoms with E-state index in [2.05, 4.69) is 0 Å². The molecule has 0 aromatic carbocycles. The molecule has 0 saturated heterocycles. The number of carbonyl (C=O) groups excluding carboxylic acids is 1. The fourth-order valence-electron chi connectivity index (χ4n) is 0.807. The van der Waals surface area contributed by atoms with Gasteiger partial charge in [0.25, 0.3) is 0 Å². The van der Waals surface area contributed by atoms with Gasteiger partial charge in [-0.25, -0.2) is 0 Å². The van der Waals surface area contributed by atoms with Crippen LogP contribution in [0.3, 0.4) is 0 Å². The molecule has 0 radical (unpaired) electrons. The molecule has 0 heterocycles. The summed E-state index contributed by atoms with van der Waals surface area (Å²) in [5.74, 6) is -0.402. The van der Waals surface area contributed by atoms with Crippen LogP contribution in [0.5, 0.6) is 0 Å². The summed E-state index contributed by atoms with van der Waals surface area (Å²) in [7, 11) is 0. The summed E-state index contributed by atoms with van der Waals surface area (Å²) in [5.41, 5.74) is 5.03. The van der Waals surface area contributed by atoms with Crippen molar-refractivity contribution < 1.29 is 14.6 Å². The highest BCUT2D eigenvalue weighted by atomic mass is 16.6. The fraction of sp³-hybridized carbons (Fsp3) is 0.889. The summed E-state index contributed by atoms with van der Waals surface area (Å²) in [4.78, 5) is 11.2. The standard InChI is InChI=1S/C9H19NO3/c1-9(2,3)13-8(12)7(10)5-4-6-11/h7,11H,4-6,10H2,1-3H3/t7-/m0/s1. The van der Waals surface area contributed by atoms with Crippen LogP contribution in [0.2, 0.25) is 0 Å².